The first-order chi connectivity index (χ1) is 10.4. The quantitative estimate of drug-likeness (QED) is 0.796. The molecule has 2 N–H and O–H groups in total. The molecular formula is C16H25N3O3. The van der Waals surface area contributed by atoms with Crippen LogP contribution < -0.4 is 5.32 Å². The Hall–Kier alpha value is -2.08. The van der Waals surface area contributed by atoms with Gasteiger partial charge in [-0.2, -0.15) is 0 Å². The summed E-state index contributed by atoms with van der Waals surface area (Å²) in [6, 6.07) is 9.11. The Bertz CT molecular complexity index is 477. The van der Waals surface area contributed by atoms with E-state index in [0.29, 0.717) is 19.5 Å². The lowest BCUT2D eigenvalue weighted by molar-refractivity contribution is -0.128. The second-order valence-electron chi connectivity index (χ2n) is 5.41. The minimum absolute atomic E-state index is 0.0255. The van der Waals surface area contributed by atoms with Crippen molar-refractivity contribution in [3.63, 3.8) is 0 Å². The van der Waals surface area contributed by atoms with Gasteiger partial charge in [0, 0.05) is 40.7 Å². The first kappa shape index (κ1) is 18.0. The van der Waals surface area contributed by atoms with Gasteiger partial charge >= 0.3 is 6.03 Å². The van der Waals surface area contributed by atoms with E-state index in [9.17, 15) is 14.7 Å². The van der Waals surface area contributed by atoms with E-state index in [1.54, 1.807) is 21.1 Å². The van der Waals surface area contributed by atoms with Gasteiger partial charge in [-0.15, -0.1) is 0 Å². The van der Waals surface area contributed by atoms with Gasteiger partial charge in [-0.25, -0.2) is 4.79 Å². The minimum Gasteiger partial charge on any atom is -0.388 e. The third-order valence-electron chi connectivity index (χ3n) is 3.38. The average molecular weight is 307 g/mol. The lowest BCUT2D eigenvalue weighted by Crippen LogP contribution is -2.39. The summed E-state index contributed by atoms with van der Waals surface area (Å²) in [5, 5.41) is 12.7. The topological polar surface area (TPSA) is 72.9 Å². The van der Waals surface area contributed by atoms with Crippen LogP contribution in [0.2, 0.25) is 0 Å². The number of hydrogen-bond acceptors (Lipinski definition) is 3. The molecule has 0 aromatic heterocycles. The van der Waals surface area contributed by atoms with E-state index in [1.807, 2.05) is 30.3 Å². The highest BCUT2D eigenvalue weighted by molar-refractivity contribution is 5.77. The molecule has 0 heterocycles. The highest BCUT2D eigenvalue weighted by Crippen LogP contribution is 2.15. The number of aliphatic hydroxyl groups excluding tert-OH is 1. The third-order valence-corrected chi connectivity index (χ3v) is 3.38. The number of nitrogens with zero attached hydrogens (tertiary/aromatic N) is 2. The van der Waals surface area contributed by atoms with Crippen LogP contribution in [0.25, 0.3) is 0 Å². The standard InChI is InChI=1S/C16H25N3O3/c1-18(2)15(21)9-11-17-16(22)19(3)12-10-14(20)13-7-5-4-6-8-13/h4-8,14,20H,9-12H2,1-3H3,(H,17,22). The van der Waals surface area contributed by atoms with Crippen LogP contribution in [-0.4, -0.2) is 61.1 Å². The second-order valence-corrected chi connectivity index (χ2v) is 5.41. The van der Waals surface area contributed by atoms with Crippen LogP contribution in [-0.2, 0) is 4.79 Å². The number of carbonyl (C=O) groups is 2. The molecule has 1 atom stereocenters. The van der Waals surface area contributed by atoms with E-state index in [-0.39, 0.29) is 18.4 Å². The van der Waals surface area contributed by atoms with Crippen LogP contribution in [0.3, 0.4) is 0 Å². The number of carbonyl (C=O) groups excluding carboxylic acids is 2. The molecule has 0 aliphatic carbocycles. The first-order valence-corrected chi connectivity index (χ1v) is 7.34. The van der Waals surface area contributed by atoms with Crippen molar-refractivity contribution in [1.29, 1.82) is 0 Å². The molecule has 1 rings (SSSR count). The maximum absolute atomic E-state index is 11.9. The maximum atomic E-state index is 11.9. The zero-order valence-corrected chi connectivity index (χ0v) is 13.5. The summed E-state index contributed by atoms with van der Waals surface area (Å²) in [5.41, 5.74) is 0.841. The molecule has 6 nitrogen and oxygen atoms in total. The molecule has 0 aliphatic rings. The smallest absolute Gasteiger partial charge is 0.317 e. The molecule has 6 heteroatoms. The molecule has 0 radical (unpaired) electrons. The van der Waals surface area contributed by atoms with Crippen molar-refractivity contribution in [3.05, 3.63) is 35.9 Å². The molecule has 0 spiro atoms. The number of rotatable bonds is 7. The third kappa shape index (κ3) is 6.13. The Morgan fingerprint density at radius 2 is 1.82 bits per heavy atom. The fourth-order valence-corrected chi connectivity index (χ4v) is 1.89. The van der Waals surface area contributed by atoms with Gasteiger partial charge < -0.3 is 20.2 Å². The van der Waals surface area contributed by atoms with Crippen LogP contribution in [0.5, 0.6) is 0 Å². The van der Waals surface area contributed by atoms with E-state index in [4.69, 9.17) is 0 Å². The van der Waals surface area contributed by atoms with Gasteiger partial charge in [-0.3, -0.25) is 4.79 Å². The highest BCUT2D eigenvalue weighted by Gasteiger charge is 2.13. The van der Waals surface area contributed by atoms with Crippen LogP contribution >= 0.6 is 0 Å². The molecule has 0 aliphatic heterocycles. The molecule has 0 saturated carbocycles. The van der Waals surface area contributed by atoms with Gasteiger partial charge in [0.15, 0.2) is 0 Å². The number of urea groups is 1. The van der Waals surface area contributed by atoms with Crippen LogP contribution in [0.1, 0.15) is 24.5 Å². The molecule has 0 saturated heterocycles. The molecule has 1 aromatic rings. The van der Waals surface area contributed by atoms with Crippen molar-refractivity contribution in [2.45, 2.75) is 18.9 Å². The summed E-state index contributed by atoms with van der Waals surface area (Å²) >= 11 is 0. The molecular weight excluding hydrogens is 282 g/mol. The van der Waals surface area contributed by atoms with E-state index < -0.39 is 6.10 Å². The molecule has 1 unspecified atom stereocenters. The Morgan fingerprint density at radius 1 is 1.18 bits per heavy atom. The Balaban J connectivity index is 2.28. The largest absolute Gasteiger partial charge is 0.388 e. The van der Waals surface area contributed by atoms with Crippen molar-refractivity contribution < 1.29 is 14.7 Å². The fraction of sp³-hybridized carbons (Fsp3) is 0.500. The van der Waals surface area contributed by atoms with Crippen LogP contribution in [0.4, 0.5) is 4.79 Å². The van der Waals surface area contributed by atoms with E-state index in [1.165, 1.54) is 9.80 Å². The number of nitrogens with one attached hydrogen (secondary N) is 1. The Kier molecular flexibility index (Phi) is 7.39. The lowest BCUT2D eigenvalue weighted by atomic mass is 10.1. The van der Waals surface area contributed by atoms with Crippen LogP contribution in [0, 0.1) is 0 Å². The van der Waals surface area contributed by atoms with Crippen molar-refractivity contribution in [3.8, 4) is 0 Å². The van der Waals surface area contributed by atoms with Crippen molar-refractivity contribution in [1.82, 2.24) is 15.1 Å². The predicted molar refractivity (Wildman–Crippen MR) is 85.4 cm³/mol. The van der Waals surface area contributed by atoms with Gasteiger partial charge in [0.25, 0.3) is 0 Å². The predicted octanol–water partition coefficient (Wildman–Crippen LogP) is 1.23. The summed E-state index contributed by atoms with van der Waals surface area (Å²) in [7, 11) is 5.03. The molecule has 0 fully saturated rings. The summed E-state index contributed by atoms with van der Waals surface area (Å²) in [6.45, 7) is 0.741. The van der Waals surface area contributed by atoms with E-state index in [2.05, 4.69) is 5.32 Å². The minimum atomic E-state index is -0.591. The Labute approximate surface area is 131 Å². The SMILES string of the molecule is CN(C)C(=O)CCNC(=O)N(C)CCC(O)c1ccccc1. The van der Waals surface area contributed by atoms with Crippen LogP contribution in [0.15, 0.2) is 30.3 Å². The first-order valence-electron chi connectivity index (χ1n) is 7.34. The van der Waals surface area contributed by atoms with Crippen molar-refractivity contribution in [2.24, 2.45) is 0 Å². The monoisotopic (exact) mass is 307 g/mol. The molecule has 22 heavy (non-hydrogen) atoms. The fourth-order valence-electron chi connectivity index (χ4n) is 1.89. The Morgan fingerprint density at radius 3 is 2.41 bits per heavy atom. The summed E-state index contributed by atoms with van der Waals surface area (Å²) < 4.78 is 0. The zero-order chi connectivity index (χ0) is 16.5. The number of hydrogen-bond donors (Lipinski definition) is 2. The van der Waals surface area contributed by atoms with Gasteiger partial charge in [-0.1, -0.05) is 30.3 Å². The lowest BCUT2D eigenvalue weighted by Gasteiger charge is -2.20. The molecule has 3 amide bonds. The van der Waals surface area contributed by atoms with Gasteiger partial charge in [0.2, 0.25) is 5.91 Å². The number of aliphatic hydroxyl groups is 1. The van der Waals surface area contributed by atoms with Gasteiger partial charge in [-0.05, 0) is 12.0 Å². The molecule has 0 bridgehead atoms. The number of benzene rings is 1. The zero-order valence-electron chi connectivity index (χ0n) is 13.5. The highest BCUT2D eigenvalue weighted by atomic mass is 16.3. The summed E-state index contributed by atoms with van der Waals surface area (Å²) in [5.74, 6) is -0.0255. The normalized spacial score (nSPS) is 11.6. The van der Waals surface area contributed by atoms with E-state index >= 15 is 0 Å². The average Bonchev–Trinajstić information content (AvgIpc) is 2.52. The molecule has 122 valence electrons. The van der Waals surface area contributed by atoms with Gasteiger partial charge in [0.1, 0.15) is 0 Å². The van der Waals surface area contributed by atoms with Gasteiger partial charge in [0.05, 0.1) is 6.10 Å². The summed E-state index contributed by atoms with van der Waals surface area (Å²) in [6.07, 6.45) is 0.149. The molecule has 1 aromatic carbocycles. The van der Waals surface area contributed by atoms with Crippen molar-refractivity contribution in [2.75, 3.05) is 34.2 Å². The van der Waals surface area contributed by atoms with Crippen molar-refractivity contribution >= 4 is 11.9 Å². The maximum Gasteiger partial charge on any atom is 0.317 e. The number of amides is 3. The summed E-state index contributed by atoms with van der Waals surface area (Å²) in [4.78, 5) is 26.2. The van der Waals surface area contributed by atoms with E-state index in [0.717, 1.165) is 5.56 Å². The second kappa shape index (κ2) is 9.04.